The van der Waals surface area contributed by atoms with E-state index in [0.717, 1.165) is 0 Å². The molecule has 0 aromatic heterocycles. The van der Waals surface area contributed by atoms with Crippen LogP contribution in [0.2, 0.25) is 0 Å². The van der Waals surface area contributed by atoms with Gasteiger partial charge in [-0.1, -0.05) is 0 Å². The molecule has 0 unspecified atom stereocenters. The number of nitrogens with one attached hydrogen (secondary N) is 1. The van der Waals surface area contributed by atoms with E-state index in [9.17, 15) is 4.79 Å². The first-order valence-corrected chi connectivity index (χ1v) is 3.53. The lowest BCUT2D eigenvalue weighted by molar-refractivity contribution is 0.0584. The van der Waals surface area contributed by atoms with Gasteiger partial charge < -0.3 is 20.9 Å². The quantitative estimate of drug-likeness (QED) is 0.542. The van der Waals surface area contributed by atoms with Gasteiger partial charge in [0.2, 0.25) is 0 Å². The molecule has 0 spiro atoms. The maximum Gasteiger partial charge on any atom is 0.405 e. The molecule has 2 atom stereocenters. The number of halogens is 1. The van der Waals surface area contributed by atoms with Crippen molar-refractivity contribution in [3.8, 4) is 0 Å². The number of rotatable bonds is 1. The van der Waals surface area contributed by atoms with Gasteiger partial charge in [0, 0.05) is 12.6 Å². The number of carbonyl (C=O) groups is 1. The number of nitrogens with two attached hydrogens (primary N) is 1. The Balaban J connectivity index is 0.00000121. The molecule has 5 nitrogen and oxygen atoms in total. The van der Waals surface area contributed by atoms with E-state index in [1.165, 1.54) is 0 Å². The van der Waals surface area contributed by atoms with Crippen LogP contribution in [0.5, 0.6) is 0 Å². The molecule has 0 radical (unpaired) electrons. The van der Waals surface area contributed by atoms with E-state index in [2.05, 4.69) is 5.32 Å². The fourth-order valence-electron chi connectivity index (χ4n) is 1.06. The second-order valence-corrected chi connectivity index (χ2v) is 2.58. The standard InChI is InChI=1S/C6H12N2O3.ClH/c7-4-1-2-11-3-5(4)8-6(9)10;/h4-5,8H,1-3,7H2,(H,9,10);1H/t4-,5-;/m1./s1. The summed E-state index contributed by atoms with van der Waals surface area (Å²) in [5.74, 6) is 0. The number of hydrogen-bond acceptors (Lipinski definition) is 3. The molecule has 0 bridgehead atoms. The van der Waals surface area contributed by atoms with Crippen molar-refractivity contribution in [2.45, 2.75) is 18.5 Å². The smallest absolute Gasteiger partial charge is 0.405 e. The Morgan fingerprint density at radius 1 is 1.67 bits per heavy atom. The predicted molar refractivity (Wildman–Crippen MR) is 45.6 cm³/mol. The summed E-state index contributed by atoms with van der Waals surface area (Å²) in [7, 11) is 0. The largest absolute Gasteiger partial charge is 0.465 e. The average molecular weight is 197 g/mol. The molecule has 0 aliphatic carbocycles. The number of amides is 1. The first-order chi connectivity index (χ1) is 5.20. The van der Waals surface area contributed by atoms with Crippen molar-refractivity contribution < 1.29 is 14.6 Å². The van der Waals surface area contributed by atoms with Crippen molar-refractivity contribution in [3.05, 3.63) is 0 Å². The van der Waals surface area contributed by atoms with E-state index in [4.69, 9.17) is 15.6 Å². The van der Waals surface area contributed by atoms with Gasteiger partial charge >= 0.3 is 6.09 Å². The van der Waals surface area contributed by atoms with Crippen molar-refractivity contribution in [2.75, 3.05) is 13.2 Å². The maximum atomic E-state index is 10.2. The summed E-state index contributed by atoms with van der Waals surface area (Å²) in [6, 6.07) is -0.360. The Kier molecular flexibility index (Phi) is 4.96. The van der Waals surface area contributed by atoms with E-state index < -0.39 is 6.09 Å². The number of hydrogen-bond donors (Lipinski definition) is 3. The highest BCUT2D eigenvalue weighted by Gasteiger charge is 2.23. The highest BCUT2D eigenvalue weighted by atomic mass is 35.5. The summed E-state index contributed by atoms with van der Waals surface area (Å²) >= 11 is 0. The van der Waals surface area contributed by atoms with Crippen LogP contribution < -0.4 is 11.1 Å². The van der Waals surface area contributed by atoms with E-state index >= 15 is 0 Å². The van der Waals surface area contributed by atoms with Crippen LogP contribution in [-0.2, 0) is 4.74 Å². The molecule has 1 fully saturated rings. The Bertz CT molecular complexity index is 156. The van der Waals surface area contributed by atoms with Gasteiger partial charge in [-0.05, 0) is 6.42 Å². The summed E-state index contributed by atoms with van der Waals surface area (Å²) in [5, 5.41) is 10.7. The van der Waals surface area contributed by atoms with Gasteiger partial charge in [0.15, 0.2) is 0 Å². The van der Waals surface area contributed by atoms with Gasteiger partial charge in [0.1, 0.15) is 0 Å². The van der Waals surface area contributed by atoms with Crippen molar-refractivity contribution in [1.29, 1.82) is 0 Å². The minimum Gasteiger partial charge on any atom is -0.465 e. The molecule has 1 aliphatic rings. The summed E-state index contributed by atoms with van der Waals surface area (Å²) in [5.41, 5.74) is 5.62. The van der Waals surface area contributed by atoms with Crippen LogP contribution >= 0.6 is 12.4 Å². The molecule has 0 aromatic rings. The van der Waals surface area contributed by atoms with E-state index in [-0.39, 0.29) is 24.5 Å². The van der Waals surface area contributed by atoms with E-state index in [1.807, 2.05) is 0 Å². The lowest BCUT2D eigenvalue weighted by atomic mass is 10.1. The van der Waals surface area contributed by atoms with Crippen molar-refractivity contribution in [1.82, 2.24) is 5.32 Å². The van der Waals surface area contributed by atoms with Gasteiger partial charge in [-0.2, -0.15) is 0 Å². The lowest BCUT2D eigenvalue weighted by Crippen LogP contribution is -2.52. The molecule has 1 rings (SSSR count). The van der Waals surface area contributed by atoms with Crippen LogP contribution in [0.4, 0.5) is 4.79 Å². The Hall–Kier alpha value is -0.520. The Morgan fingerprint density at radius 3 is 2.83 bits per heavy atom. The summed E-state index contributed by atoms with van der Waals surface area (Å²) in [4.78, 5) is 10.2. The number of ether oxygens (including phenoxy) is 1. The van der Waals surface area contributed by atoms with Crippen LogP contribution in [-0.4, -0.2) is 36.5 Å². The highest BCUT2D eigenvalue weighted by molar-refractivity contribution is 5.85. The molecule has 1 aliphatic heterocycles. The molecule has 72 valence electrons. The van der Waals surface area contributed by atoms with Crippen molar-refractivity contribution in [3.63, 3.8) is 0 Å². The second-order valence-electron chi connectivity index (χ2n) is 2.58. The molecule has 1 saturated heterocycles. The first-order valence-electron chi connectivity index (χ1n) is 3.53. The third kappa shape index (κ3) is 3.25. The lowest BCUT2D eigenvalue weighted by Gasteiger charge is -2.28. The zero-order valence-electron chi connectivity index (χ0n) is 6.53. The monoisotopic (exact) mass is 196 g/mol. The fraction of sp³-hybridized carbons (Fsp3) is 0.833. The molecular formula is C6H13ClN2O3. The topological polar surface area (TPSA) is 84.6 Å². The van der Waals surface area contributed by atoms with E-state index in [0.29, 0.717) is 19.6 Å². The fourth-order valence-corrected chi connectivity index (χ4v) is 1.06. The van der Waals surface area contributed by atoms with Crippen LogP contribution in [0.1, 0.15) is 6.42 Å². The molecular weight excluding hydrogens is 184 g/mol. The average Bonchev–Trinajstić information content (AvgIpc) is 1.93. The van der Waals surface area contributed by atoms with Gasteiger partial charge in [0.05, 0.1) is 12.6 Å². The van der Waals surface area contributed by atoms with Crippen molar-refractivity contribution >= 4 is 18.5 Å². The summed E-state index contributed by atoms with van der Waals surface area (Å²) < 4.78 is 5.05. The molecule has 12 heavy (non-hydrogen) atoms. The minimum absolute atomic E-state index is 0. The van der Waals surface area contributed by atoms with Crippen LogP contribution in [0.25, 0.3) is 0 Å². The van der Waals surface area contributed by atoms with Crippen LogP contribution in [0, 0.1) is 0 Å². The predicted octanol–water partition coefficient (Wildman–Crippen LogP) is -0.208. The highest BCUT2D eigenvalue weighted by Crippen LogP contribution is 2.04. The summed E-state index contributed by atoms with van der Waals surface area (Å²) in [6.45, 7) is 1.01. The van der Waals surface area contributed by atoms with Crippen LogP contribution in [0.3, 0.4) is 0 Å². The Morgan fingerprint density at radius 2 is 2.33 bits per heavy atom. The van der Waals surface area contributed by atoms with Crippen LogP contribution in [0.15, 0.2) is 0 Å². The zero-order valence-corrected chi connectivity index (χ0v) is 7.34. The first kappa shape index (κ1) is 11.5. The number of carboxylic acid groups (broad SMARTS) is 1. The summed E-state index contributed by atoms with van der Waals surface area (Å²) in [6.07, 6.45) is -0.332. The van der Waals surface area contributed by atoms with Crippen molar-refractivity contribution in [2.24, 2.45) is 5.73 Å². The molecule has 4 N–H and O–H groups in total. The minimum atomic E-state index is -1.05. The maximum absolute atomic E-state index is 10.2. The van der Waals surface area contributed by atoms with Gasteiger partial charge in [-0.25, -0.2) is 4.79 Å². The SMILES string of the molecule is Cl.N[C@@H]1CCOC[C@H]1NC(=O)O. The molecule has 1 amide bonds. The molecule has 0 saturated carbocycles. The third-order valence-electron chi connectivity index (χ3n) is 1.72. The molecule has 0 aromatic carbocycles. The second kappa shape index (κ2) is 5.18. The molecule has 6 heteroatoms. The van der Waals surface area contributed by atoms with Gasteiger partial charge in [-0.3, -0.25) is 0 Å². The zero-order chi connectivity index (χ0) is 8.27. The van der Waals surface area contributed by atoms with E-state index in [1.54, 1.807) is 0 Å². The normalized spacial score (nSPS) is 28.8. The van der Waals surface area contributed by atoms with Gasteiger partial charge in [-0.15, -0.1) is 12.4 Å². The third-order valence-corrected chi connectivity index (χ3v) is 1.72. The van der Waals surface area contributed by atoms with Gasteiger partial charge in [0.25, 0.3) is 0 Å². The molecule has 1 heterocycles. The Labute approximate surface area is 76.7 Å².